The molecule has 1 atom stereocenters. The van der Waals surface area contributed by atoms with Crippen molar-refractivity contribution in [3.05, 3.63) is 45.6 Å². The van der Waals surface area contributed by atoms with Crippen molar-refractivity contribution >= 4 is 17.1 Å². The van der Waals surface area contributed by atoms with Gasteiger partial charge in [-0.25, -0.2) is 0 Å². The van der Waals surface area contributed by atoms with E-state index >= 15 is 0 Å². The molecule has 2 aromatic rings. The zero-order valence-corrected chi connectivity index (χ0v) is 11.6. The molecule has 0 radical (unpaired) electrons. The molecule has 0 saturated heterocycles. The minimum atomic E-state index is -0.818. The predicted octanol–water partition coefficient (Wildman–Crippen LogP) is 3.28. The van der Waals surface area contributed by atoms with Gasteiger partial charge in [0.15, 0.2) is 17.3 Å². The van der Waals surface area contributed by atoms with Gasteiger partial charge < -0.3 is 9.47 Å². The van der Waals surface area contributed by atoms with Gasteiger partial charge in [0.05, 0.1) is 10.9 Å². The fourth-order valence-electron chi connectivity index (χ4n) is 2.13. The van der Waals surface area contributed by atoms with E-state index in [4.69, 9.17) is 9.47 Å². The van der Waals surface area contributed by atoms with Gasteiger partial charge >= 0.3 is 0 Å². The lowest BCUT2D eigenvalue weighted by Gasteiger charge is -2.09. The molecule has 0 amide bonds. The number of hydrogen-bond donors (Lipinski definition) is 0. The highest BCUT2D eigenvalue weighted by atomic mass is 32.1. The van der Waals surface area contributed by atoms with E-state index in [1.807, 2.05) is 18.4 Å². The number of fused-ring (bicyclic) bond motifs is 1. The van der Waals surface area contributed by atoms with E-state index in [1.54, 1.807) is 18.2 Å². The van der Waals surface area contributed by atoms with Gasteiger partial charge in [-0.2, -0.15) is 5.26 Å². The molecule has 20 heavy (non-hydrogen) atoms. The first-order valence-corrected chi connectivity index (χ1v) is 6.96. The first-order valence-electron chi connectivity index (χ1n) is 6.08. The van der Waals surface area contributed by atoms with Crippen LogP contribution in [-0.4, -0.2) is 12.6 Å². The summed E-state index contributed by atoms with van der Waals surface area (Å²) >= 11 is 1.36. The Balaban J connectivity index is 1.97. The zero-order chi connectivity index (χ0) is 14.1. The minimum Gasteiger partial charge on any atom is -0.454 e. The molecule has 100 valence electrons. The van der Waals surface area contributed by atoms with Gasteiger partial charge in [0, 0.05) is 0 Å². The third-order valence-corrected chi connectivity index (χ3v) is 4.24. The molecule has 0 fully saturated rings. The molecule has 3 rings (SSSR count). The van der Waals surface area contributed by atoms with Crippen LogP contribution in [0.15, 0.2) is 29.6 Å². The van der Waals surface area contributed by atoms with Crippen LogP contribution in [-0.2, 0) is 0 Å². The maximum atomic E-state index is 12.5. The van der Waals surface area contributed by atoms with Gasteiger partial charge in [0.2, 0.25) is 6.79 Å². The second-order valence-electron chi connectivity index (χ2n) is 4.47. The molecule has 1 aromatic heterocycles. The number of benzene rings is 1. The van der Waals surface area contributed by atoms with Gasteiger partial charge in [0.1, 0.15) is 5.92 Å². The summed E-state index contributed by atoms with van der Waals surface area (Å²) in [7, 11) is 0. The van der Waals surface area contributed by atoms with E-state index in [1.165, 1.54) is 11.3 Å². The minimum absolute atomic E-state index is 0.168. The second kappa shape index (κ2) is 4.99. The molecule has 0 saturated carbocycles. The van der Waals surface area contributed by atoms with Crippen LogP contribution in [0.4, 0.5) is 0 Å². The number of carbonyl (C=O) groups is 1. The molecule has 5 heteroatoms. The Bertz CT molecular complexity index is 714. The third-order valence-electron chi connectivity index (χ3n) is 3.21. The summed E-state index contributed by atoms with van der Waals surface area (Å²) in [6.07, 6.45) is 0. The summed E-state index contributed by atoms with van der Waals surface area (Å²) in [6.45, 7) is 2.05. The predicted molar refractivity (Wildman–Crippen MR) is 74.3 cm³/mol. The number of ketones is 1. The van der Waals surface area contributed by atoms with Crippen molar-refractivity contribution in [2.24, 2.45) is 0 Å². The zero-order valence-electron chi connectivity index (χ0n) is 10.8. The van der Waals surface area contributed by atoms with E-state index in [2.05, 4.69) is 6.07 Å². The van der Waals surface area contributed by atoms with Crippen LogP contribution in [0, 0.1) is 18.3 Å². The SMILES string of the molecule is Cc1ccsc1C(=O)C(C#N)c1ccc2c(c1)OCO2. The molecule has 4 nitrogen and oxygen atoms in total. The number of nitrogens with zero attached hydrogens (tertiary/aromatic N) is 1. The fraction of sp³-hybridized carbons (Fsp3) is 0.200. The highest BCUT2D eigenvalue weighted by molar-refractivity contribution is 7.12. The van der Waals surface area contributed by atoms with Gasteiger partial charge in [-0.3, -0.25) is 4.79 Å². The normalized spacial score (nSPS) is 13.8. The number of thiophene rings is 1. The van der Waals surface area contributed by atoms with Crippen molar-refractivity contribution in [1.82, 2.24) is 0 Å². The van der Waals surface area contributed by atoms with Crippen molar-refractivity contribution < 1.29 is 14.3 Å². The van der Waals surface area contributed by atoms with Crippen LogP contribution in [0.2, 0.25) is 0 Å². The van der Waals surface area contributed by atoms with Crippen molar-refractivity contribution in [2.45, 2.75) is 12.8 Å². The number of nitriles is 1. The van der Waals surface area contributed by atoms with E-state index in [0.29, 0.717) is 21.9 Å². The second-order valence-corrected chi connectivity index (χ2v) is 5.39. The van der Waals surface area contributed by atoms with E-state index < -0.39 is 5.92 Å². The van der Waals surface area contributed by atoms with Gasteiger partial charge in [0.25, 0.3) is 0 Å². The maximum absolute atomic E-state index is 12.5. The quantitative estimate of drug-likeness (QED) is 0.812. The van der Waals surface area contributed by atoms with Crippen LogP contribution < -0.4 is 9.47 Å². The van der Waals surface area contributed by atoms with Crippen molar-refractivity contribution in [1.29, 1.82) is 5.26 Å². The largest absolute Gasteiger partial charge is 0.454 e. The third kappa shape index (κ3) is 2.04. The summed E-state index contributed by atoms with van der Waals surface area (Å²) in [5, 5.41) is 11.2. The Morgan fingerprint density at radius 2 is 2.15 bits per heavy atom. The summed E-state index contributed by atoms with van der Waals surface area (Å²) in [5.74, 6) is 0.240. The van der Waals surface area contributed by atoms with Crippen LogP contribution in [0.1, 0.15) is 26.7 Å². The molecule has 0 spiro atoms. The molecule has 1 aliphatic rings. The smallest absolute Gasteiger partial charge is 0.231 e. The van der Waals surface area contributed by atoms with Gasteiger partial charge in [-0.05, 0) is 41.6 Å². The highest BCUT2D eigenvalue weighted by Gasteiger charge is 2.26. The Hall–Kier alpha value is -2.32. The Morgan fingerprint density at radius 3 is 2.85 bits per heavy atom. The lowest BCUT2D eigenvalue weighted by atomic mass is 9.94. The summed E-state index contributed by atoms with van der Waals surface area (Å²) in [6, 6.07) is 9.14. The molecule has 0 bridgehead atoms. The Morgan fingerprint density at radius 1 is 1.35 bits per heavy atom. The number of aryl methyl sites for hydroxylation is 1. The van der Waals surface area contributed by atoms with Crippen LogP contribution in [0.25, 0.3) is 0 Å². The van der Waals surface area contributed by atoms with Crippen LogP contribution in [0.3, 0.4) is 0 Å². The van der Waals surface area contributed by atoms with Crippen molar-refractivity contribution in [2.75, 3.05) is 6.79 Å². The first kappa shape index (κ1) is 12.7. The average molecular weight is 285 g/mol. The average Bonchev–Trinajstić information content (AvgIpc) is 3.07. The molecular weight excluding hydrogens is 274 g/mol. The van der Waals surface area contributed by atoms with E-state index in [9.17, 15) is 10.1 Å². The van der Waals surface area contributed by atoms with Crippen LogP contribution in [0.5, 0.6) is 11.5 Å². The lowest BCUT2D eigenvalue weighted by molar-refractivity contribution is 0.0982. The molecule has 1 aliphatic heterocycles. The maximum Gasteiger partial charge on any atom is 0.231 e. The highest BCUT2D eigenvalue weighted by Crippen LogP contribution is 2.35. The molecule has 2 heterocycles. The molecule has 0 N–H and O–H groups in total. The van der Waals surface area contributed by atoms with E-state index in [-0.39, 0.29) is 12.6 Å². The standard InChI is InChI=1S/C15H11NO3S/c1-9-4-5-20-15(9)14(17)11(7-16)10-2-3-12-13(6-10)19-8-18-12/h2-6,11H,8H2,1H3. The van der Waals surface area contributed by atoms with Crippen LogP contribution >= 0.6 is 11.3 Å². The number of Topliss-reactive ketones (excluding diaryl/α,β-unsaturated/α-hetero) is 1. The summed E-state index contributed by atoms with van der Waals surface area (Å²) in [5.41, 5.74) is 1.54. The van der Waals surface area contributed by atoms with Crippen molar-refractivity contribution in [3.63, 3.8) is 0 Å². The van der Waals surface area contributed by atoms with Crippen molar-refractivity contribution in [3.8, 4) is 17.6 Å². The molecular formula is C15H11NO3S. The number of rotatable bonds is 3. The number of ether oxygens (including phenoxy) is 2. The molecule has 1 aromatic carbocycles. The van der Waals surface area contributed by atoms with Gasteiger partial charge in [-0.15, -0.1) is 11.3 Å². The monoisotopic (exact) mass is 285 g/mol. The summed E-state index contributed by atoms with van der Waals surface area (Å²) < 4.78 is 10.5. The molecule has 1 unspecified atom stereocenters. The first-order chi connectivity index (χ1) is 9.70. The number of hydrogen-bond acceptors (Lipinski definition) is 5. The number of carbonyl (C=O) groups excluding carboxylic acids is 1. The lowest BCUT2D eigenvalue weighted by Crippen LogP contribution is -2.10. The summed E-state index contributed by atoms with van der Waals surface area (Å²) in [4.78, 5) is 13.1. The Kier molecular flexibility index (Phi) is 3.17. The van der Waals surface area contributed by atoms with Gasteiger partial charge in [-0.1, -0.05) is 6.07 Å². The topological polar surface area (TPSA) is 59.3 Å². The fourth-order valence-corrected chi connectivity index (χ4v) is 3.03. The van der Waals surface area contributed by atoms with E-state index in [0.717, 1.165) is 5.56 Å². The molecule has 0 aliphatic carbocycles. The Labute approximate surface area is 120 Å².